The Balaban J connectivity index is 1.91. The Labute approximate surface area is 117 Å². The first-order valence-electron chi connectivity index (χ1n) is 6.68. The summed E-state index contributed by atoms with van der Waals surface area (Å²) in [5, 5.41) is 2.86. The number of amides is 1. The number of para-hydroxylation sites is 1. The van der Waals surface area contributed by atoms with Crippen molar-refractivity contribution >= 4 is 11.6 Å². The number of hydrogen-bond acceptors (Lipinski definition) is 3. The lowest BCUT2D eigenvalue weighted by atomic mass is 9.97. The van der Waals surface area contributed by atoms with Crippen molar-refractivity contribution in [1.29, 1.82) is 0 Å². The molecular formula is C16H16N2O2. The van der Waals surface area contributed by atoms with Crippen LogP contribution in [0.2, 0.25) is 0 Å². The van der Waals surface area contributed by atoms with E-state index in [2.05, 4.69) is 17.2 Å². The summed E-state index contributed by atoms with van der Waals surface area (Å²) in [5.74, 6) is 0.854. The maximum Gasteiger partial charge on any atom is 0.259 e. The van der Waals surface area contributed by atoms with Crippen LogP contribution in [0.15, 0.2) is 42.7 Å². The minimum absolute atomic E-state index is 0.0971. The maximum absolute atomic E-state index is 12.4. The number of benzene rings is 1. The molecule has 0 radical (unpaired) electrons. The summed E-state index contributed by atoms with van der Waals surface area (Å²) in [4.78, 5) is 16.3. The summed E-state index contributed by atoms with van der Waals surface area (Å²) in [6.07, 6.45) is 3.39. The number of nitrogens with zero attached hydrogens (tertiary/aromatic N) is 1. The SMILES string of the molecule is C[C@@H]1Oc2c(C(=O)Nc3ccncc3)cccc2[C@H]1C. The van der Waals surface area contributed by atoms with E-state index < -0.39 is 0 Å². The summed E-state index contributed by atoms with van der Waals surface area (Å²) >= 11 is 0. The first-order chi connectivity index (χ1) is 9.66. The van der Waals surface area contributed by atoms with Crippen LogP contribution in [0.5, 0.6) is 5.75 Å². The van der Waals surface area contributed by atoms with Gasteiger partial charge in [-0.3, -0.25) is 9.78 Å². The van der Waals surface area contributed by atoms with Gasteiger partial charge in [0.15, 0.2) is 0 Å². The number of ether oxygens (including phenoxy) is 1. The molecular weight excluding hydrogens is 252 g/mol. The van der Waals surface area contributed by atoms with E-state index >= 15 is 0 Å². The standard InChI is InChI=1S/C16H16N2O2/c1-10-11(2)20-15-13(10)4-3-5-14(15)16(19)18-12-6-8-17-9-7-12/h3-11H,1-2H3,(H,17,18,19)/t10-,11-/m0/s1. The molecule has 0 spiro atoms. The third-order valence-corrected chi connectivity index (χ3v) is 3.73. The Morgan fingerprint density at radius 2 is 1.95 bits per heavy atom. The molecule has 4 nitrogen and oxygen atoms in total. The molecule has 3 rings (SSSR count). The third kappa shape index (κ3) is 2.13. The Hall–Kier alpha value is -2.36. The molecule has 102 valence electrons. The van der Waals surface area contributed by atoms with Gasteiger partial charge in [-0.1, -0.05) is 19.1 Å². The highest BCUT2D eigenvalue weighted by molar-refractivity contribution is 6.06. The van der Waals surface area contributed by atoms with Crippen molar-refractivity contribution in [1.82, 2.24) is 4.98 Å². The van der Waals surface area contributed by atoms with Gasteiger partial charge in [0.05, 0.1) is 5.56 Å². The van der Waals surface area contributed by atoms with Gasteiger partial charge in [0, 0.05) is 29.6 Å². The van der Waals surface area contributed by atoms with E-state index in [9.17, 15) is 4.79 Å². The molecule has 2 heterocycles. The number of hydrogen-bond donors (Lipinski definition) is 1. The number of carbonyl (C=O) groups excluding carboxylic acids is 1. The molecule has 20 heavy (non-hydrogen) atoms. The van der Waals surface area contributed by atoms with E-state index in [4.69, 9.17) is 4.74 Å². The molecule has 0 saturated carbocycles. The molecule has 1 aliphatic rings. The van der Waals surface area contributed by atoms with E-state index in [0.29, 0.717) is 17.2 Å². The van der Waals surface area contributed by atoms with E-state index in [-0.39, 0.29) is 12.0 Å². The third-order valence-electron chi connectivity index (χ3n) is 3.73. The summed E-state index contributed by atoms with van der Waals surface area (Å²) in [6.45, 7) is 4.14. The van der Waals surface area contributed by atoms with Gasteiger partial charge in [0.2, 0.25) is 0 Å². The average molecular weight is 268 g/mol. The first kappa shape index (κ1) is 12.7. The lowest BCUT2D eigenvalue weighted by Gasteiger charge is -2.10. The summed E-state index contributed by atoms with van der Waals surface area (Å²) in [6, 6.07) is 9.23. The van der Waals surface area contributed by atoms with Crippen molar-refractivity contribution in [3.05, 3.63) is 53.9 Å². The van der Waals surface area contributed by atoms with Crippen molar-refractivity contribution in [3.8, 4) is 5.75 Å². The lowest BCUT2D eigenvalue weighted by molar-refractivity contribution is 0.102. The van der Waals surface area contributed by atoms with E-state index in [1.165, 1.54) is 0 Å². The van der Waals surface area contributed by atoms with Crippen molar-refractivity contribution in [2.75, 3.05) is 5.32 Å². The quantitative estimate of drug-likeness (QED) is 0.909. The fourth-order valence-corrected chi connectivity index (χ4v) is 2.40. The van der Waals surface area contributed by atoms with E-state index in [1.54, 1.807) is 30.6 Å². The first-order valence-corrected chi connectivity index (χ1v) is 6.68. The molecule has 1 amide bonds. The molecule has 0 unspecified atom stereocenters. The zero-order chi connectivity index (χ0) is 14.1. The molecule has 1 aromatic carbocycles. The number of nitrogens with one attached hydrogen (secondary N) is 1. The zero-order valence-corrected chi connectivity index (χ0v) is 11.5. The van der Waals surface area contributed by atoms with Gasteiger partial charge in [-0.25, -0.2) is 0 Å². The predicted molar refractivity (Wildman–Crippen MR) is 77.1 cm³/mol. The van der Waals surface area contributed by atoms with Crippen LogP contribution in [0.1, 0.15) is 35.7 Å². The molecule has 1 N–H and O–H groups in total. The Morgan fingerprint density at radius 3 is 2.70 bits per heavy atom. The van der Waals surface area contributed by atoms with Crippen molar-refractivity contribution in [2.45, 2.75) is 25.9 Å². The number of pyridine rings is 1. The van der Waals surface area contributed by atoms with E-state index in [1.807, 2.05) is 19.1 Å². The van der Waals surface area contributed by atoms with Gasteiger partial charge in [-0.05, 0) is 25.1 Å². The highest BCUT2D eigenvalue weighted by Gasteiger charge is 2.30. The molecule has 0 saturated heterocycles. The number of anilines is 1. The predicted octanol–water partition coefficient (Wildman–Crippen LogP) is 3.22. The molecule has 1 aliphatic heterocycles. The zero-order valence-electron chi connectivity index (χ0n) is 11.5. The summed E-state index contributed by atoms with van der Waals surface area (Å²) in [5.41, 5.74) is 2.40. The number of carbonyl (C=O) groups is 1. The fourth-order valence-electron chi connectivity index (χ4n) is 2.40. The second-order valence-electron chi connectivity index (χ2n) is 5.03. The minimum Gasteiger partial charge on any atom is -0.489 e. The second-order valence-corrected chi connectivity index (χ2v) is 5.03. The summed E-state index contributed by atoms with van der Waals surface area (Å²) < 4.78 is 5.84. The van der Waals surface area contributed by atoms with Gasteiger partial charge < -0.3 is 10.1 Å². The molecule has 4 heteroatoms. The maximum atomic E-state index is 12.4. The largest absolute Gasteiger partial charge is 0.489 e. The van der Waals surface area contributed by atoms with Crippen LogP contribution in [0.3, 0.4) is 0 Å². The smallest absolute Gasteiger partial charge is 0.259 e. The molecule has 2 aromatic rings. The van der Waals surface area contributed by atoms with Gasteiger partial charge in [-0.2, -0.15) is 0 Å². The van der Waals surface area contributed by atoms with Crippen molar-refractivity contribution in [2.24, 2.45) is 0 Å². The molecule has 0 fully saturated rings. The lowest BCUT2D eigenvalue weighted by Crippen LogP contribution is -2.14. The average Bonchev–Trinajstić information content (AvgIpc) is 2.75. The molecule has 2 atom stereocenters. The van der Waals surface area contributed by atoms with Crippen LogP contribution >= 0.6 is 0 Å². The Kier molecular flexibility index (Phi) is 3.14. The van der Waals surface area contributed by atoms with Crippen molar-refractivity contribution < 1.29 is 9.53 Å². The van der Waals surface area contributed by atoms with Crippen LogP contribution in [0, 0.1) is 0 Å². The Bertz CT molecular complexity index is 640. The van der Waals surface area contributed by atoms with Crippen molar-refractivity contribution in [3.63, 3.8) is 0 Å². The van der Waals surface area contributed by atoms with Gasteiger partial charge >= 0.3 is 0 Å². The minimum atomic E-state index is -0.158. The fraction of sp³-hybridized carbons (Fsp3) is 0.250. The molecule has 0 bridgehead atoms. The van der Waals surface area contributed by atoms with Gasteiger partial charge in [0.25, 0.3) is 5.91 Å². The molecule has 1 aromatic heterocycles. The van der Waals surface area contributed by atoms with Gasteiger partial charge in [-0.15, -0.1) is 0 Å². The Morgan fingerprint density at radius 1 is 1.20 bits per heavy atom. The van der Waals surface area contributed by atoms with Crippen LogP contribution in [-0.2, 0) is 0 Å². The molecule has 0 aliphatic carbocycles. The topological polar surface area (TPSA) is 51.2 Å². The number of aromatic nitrogens is 1. The highest BCUT2D eigenvalue weighted by atomic mass is 16.5. The monoisotopic (exact) mass is 268 g/mol. The van der Waals surface area contributed by atoms with E-state index in [0.717, 1.165) is 11.3 Å². The summed E-state index contributed by atoms with van der Waals surface area (Å²) in [7, 11) is 0. The number of rotatable bonds is 2. The second kappa shape index (κ2) is 4.96. The van der Waals surface area contributed by atoms with Gasteiger partial charge in [0.1, 0.15) is 11.9 Å². The van der Waals surface area contributed by atoms with Crippen LogP contribution in [0.4, 0.5) is 5.69 Å². The van der Waals surface area contributed by atoms with Crippen LogP contribution in [0.25, 0.3) is 0 Å². The van der Waals surface area contributed by atoms with Crippen LogP contribution < -0.4 is 10.1 Å². The normalized spacial score (nSPS) is 20.1. The highest BCUT2D eigenvalue weighted by Crippen LogP contribution is 2.40. The van der Waals surface area contributed by atoms with Crippen LogP contribution in [-0.4, -0.2) is 17.0 Å². The number of fused-ring (bicyclic) bond motifs is 1.